The SMILES string of the molecule is CCNC(c1nc(C)c(C)o1)C1CCNC1. The lowest BCUT2D eigenvalue weighted by atomic mass is 9.99. The van der Waals surface area contributed by atoms with E-state index in [1.807, 2.05) is 13.8 Å². The summed E-state index contributed by atoms with van der Waals surface area (Å²) in [6.45, 7) is 9.20. The molecule has 16 heavy (non-hydrogen) atoms. The zero-order chi connectivity index (χ0) is 11.5. The Morgan fingerprint density at radius 1 is 1.56 bits per heavy atom. The Balaban J connectivity index is 2.17. The topological polar surface area (TPSA) is 50.1 Å². The third-order valence-electron chi connectivity index (χ3n) is 3.30. The van der Waals surface area contributed by atoms with Gasteiger partial charge in [-0.25, -0.2) is 4.98 Å². The van der Waals surface area contributed by atoms with Gasteiger partial charge in [-0.3, -0.25) is 0 Å². The first kappa shape index (κ1) is 11.6. The van der Waals surface area contributed by atoms with E-state index in [-0.39, 0.29) is 6.04 Å². The van der Waals surface area contributed by atoms with Gasteiger partial charge in [0.2, 0.25) is 5.89 Å². The number of aryl methyl sites for hydroxylation is 2. The van der Waals surface area contributed by atoms with Crippen molar-refractivity contribution in [3.05, 3.63) is 17.3 Å². The summed E-state index contributed by atoms with van der Waals surface area (Å²) in [5.74, 6) is 2.38. The Morgan fingerprint density at radius 2 is 2.38 bits per heavy atom. The van der Waals surface area contributed by atoms with Crippen LogP contribution in [0.2, 0.25) is 0 Å². The normalized spacial score (nSPS) is 22.6. The molecule has 0 radical (unpaired) electrons. The number of hydrogen-bond acceptors (Lipinski definition) is 4. The molecule has 2 rings (SSSR count). The summed E-state index contributed by atoms with van der Waals surface area (Å²) in [4.78, 5) is 4.52. The second-order valence-electron chi connectivity index (χ2n) is 4.48. The molecule has 1 aromatic heterocycles. The van der Waals surface area contributed by atoms with Crippen LogP contribution < -0.4 is 10.6 Å². The predicted octanol–water partition coefficient (Wildman–Crippen LogP) is 1.55. The monoisotopic (exact) mass is 223 g/mol. The quantitative estimate of drug-likeness (QED) is 0.813. The van der Waals surface area contributed by atoms with Gasteiger partial charge in [-0.2, -0.15) is 0 Å². The molecule has 1 saturated heterocycles. The summed E-state index contributed by atoms with van der Waals surface area (Å²) >= 11 is 0. The molecule has 0 bridgehead atoms. The number of aromatic nitrogens is 1. The van der Waals surface area contributed by atoms with Crippen LogP contribution in [0.1, 0.15) is 36.7 Å². The molecule has 90 valence electrons. The van der Waals surface area contributed by atoms with Gasteiger partial charge in [-0.15, -0.1) is 0 Å². The van der Waals surface area contributed by atoms with Gasteiger partial charge >= 0.3 is 0 Å². The number of nitrogens with zero attached hydrogens (tertiary/aromatic N) is 1. The molecule has 0 saturated carbocycles. The van der Waals surface area contributed by atoms with Gasteiger partial charge in [0.05, 0.1) is 11.7 Å². The Hall–Kier alpha value is -0.870. The van der Waals surface area contributed by atoms with Gasteiger partial charge in [0.1, 0.15) is 5.76 Å². The summed E-state index contributed by atoms with van der Waals surface area (Å²) in [5, 5.41) is 6.88. The van der Waals surface area contributed by atoms with Crippen molar-refractivity contribution < 1.29 is 4.42 Å². The summed E-state index contributed by atoms with van der Waals surface area (Å²) in [6.07, 6.45) is 1.19. The Kier molecular flexibility index (Phi) is 3.61. The molecule has 2 atom stereocenters. The van der Waals surface area contributed by atoms with Crippen LogP contribution in [-0.4, -0.2) is 24.6 Å². The van der Waals surface area contributed by atoms with Gasteiger partial charge < -0.3 is 15.1 Å². The fourth-order valence-corrected chi connectivity index (χ4v) is 2.27. The lowest BCUT2D eigenvalue weighted by molar-refractivity contribution is 0.313. The average Bonchev–Trinajstić information content (AvgIpc) is 2.86. The lowest BCUT2D eigenvalue weighted by Crippen LogP contribution is -2.29. The zero-order valence-electron chi connectivity index (χ0n) is 10.3. The lowest BCUT2D eigenvalue weighted by Gasteiger charge is -2.20. The van der Waals surface area contributed by atoms with Gasteiger partial charge in [0.25, 0.3) is 0 Å². The van der Waals surface area contributed by atoms with E-state index >= 15 is 0 Å². The summed E-state index contributed by atoms with van der Waals surface area (Å²) in [6, 6.07) is 0.257. The molecule has 2 N–H and O–H groups in total. The minimum Gasteiger partial charge on any atom is -0.444 e. The molecule has 0 aliphatic carbocycles. The van der Waals surface area contributed by atoms with Crippen molar-refractivity contribution in [1.29, 1.82) is 0 Å². The molecule has 4 heteroatoms. The Bertz CT molecular complexity index is 323. The molecule has 2 unspecified atom stereocenters. The van der Waals surface area contributed by atoms with Crippen LogP contribution >= 0.6 is 0 Å². The fourth-order valence-electron chi connectivity index (χ4n) is 2.27. The Labute approximate surface area is 96.8 Å². The first-order valence-electron chi connectivity index (χ1n) is 6.10. The smallest absolute Gasteiger partial charge is 0.212 e. The van der Waals surface area contributed by atoms with E-state index in [0.29, 0.717) is 5.92 Å². The van der Waals surface area contributed by atoms with E-state index in [1.165, 1.54) is 6.42 Å². The van der Waals surface area contributed by atoms with E-state index < -0.39 is 0 Å². The number of hydrogen-bond donors (Lipinski definition) is 2. The van der Waals surface area contributed by atoms with Gasteiger partial charge in [-0.1, -0.05) is 6.92 Å². The molecule has 1 aromatic rings. The first-order valence-corrected chi connectivity index (χ1v) is 6.10. The summed E-state index contributed by atoms with van der Waals surface area (Å²) < 4.78 is 5.74. The molecule has 1 aliphatic rings. The maximum absolute atomic E-state index is 5.74. The van der Waals surface area contributed by atoms with E-state index in [4.69, 9.17) is 4.42 Å². The highest BCUT2D eigenvalue weighted by atomic mass is 16.4. The largest absolute Gasteiger partial charge is 0.444 e. The van der Waals surface area contributed by atoms with Gasteiger partial charge in [0, 0.05) is 0 Å². The Morgan fingerprint density at radius 3 is 2.88 bits per heavy atom. The second-order valence-corrected chi connectivity index (χ2v) is 4.48. The highest BCUT2D eigenvalue weighted by Crippen LogP contribution is 2.27. The molecule has 2 heterocycles. The molecular formula is C12H21N3O. The van der Waals surface area contributed by atoms with Crippen molar-refractivity contribution in [2.24, 2.45) is 5.92 Å². The fraction of sp³-hybridized carbons (Fsp3) is 0.750. The van der Waals surface area contributed by atoms with Crippen molar-refractivity contribution in [3.63, 3.8) is 0 Å². The number of nitrogens with one attached hydrogen (secondary N) is 2. The average molecular weight is 223 g/mol. The molecule has 0 spiro atoms. The van der Waals surface area contributed by atoms with Crippen LogP contribution in [0, 0.1) is 19.8 Å². The van der Waals surface area contributed by atoms with Gasteiger partial charge in [-0.05, 0) is 45.8 Å². The van der Waals surface area contributed by atoms with Crippen LogP contribution in [-0.2, 0) is 0 Å². The van der Waals surface area contributed by atoms with Crippen LogP contribution in [0.4, 0.5) is 0 Å². The van der Waals surface area contributed by atoms with Crippen molar-refractivity contribution in [1.82, 2.24) is 15.6 Å². The van der Waals surface area contributed by atoms with E-state index in [9.17, 15) is 0 Å². The third-order valence-corrected chi connectivity index (χ3v) is 3.30. The predicted molar refractivity (Wildman–Crippen MR) is 63.4 cm³/mol. The highest BCUT2D eigenvalue weighted by molar-refractivity contribution is 5.09. The molecular weight excluding hydrogens is 202 g/mol. The number of rotatable bonds is 4. The second kappa shape index (κ2) is 4.97. The maximum Gasteiger partial charge on any atom is 0.212 e. The molecule has 4 nitrogen and oxygen atoms in total. The molecule has 1 fully saturated rings. The maximum atomic E-state index is 5.74. The van der Waals surface area contributed by atoms with Crippen LogP contribution in [0.5, 0.6) is 0 Å². The first-order chi connectivity index (χ1) is 7.72. The van der Waals surface area contributed by atoms with Crippen LogP contribution in [0.15, 0.2) is 4.42 Å². The van der Waals surface area contributed by atoms with Crippen molar-refractivity contribution in [2.75, 3.05) is 19.6 Å². The van der Waals surface area contributed by atoms with Crippen molar-refractivity contribution >= 4 is 0 Å². The summed E-state index contributed by atoms with van der Waals surface area (Å²) in [7, 11) is 0. The zero-order valence-corrected chi connectivity index (χ0v) is 10.3. The molecule has 0 amide bonds. The minimum atomic E-state index is 0.257. The highest BCUT2D eigenvalue weighted by Gasteiger charge is 2.29. The third kappa shape index (κ3) is 2.28. The van der Waals surface area contributed by atoms with Crippen LogP contribution in [0.3, 0.4) is 0 Å². The van der Waals surface area contributed by atoms with Crippen LogP contribution in [0.25, 0.3) is 0 Å². The van der Waals surface area contributed by atoms with Crippen molar-refractivity contribution in [3.8, 4) is 0 Å². The van der Waals surface area contributed by atoms with Gasteiger partial charge in [0.15, 0.2) is 0 Å². The molecule has 0 aromatic carbocycles. The standard InChI is InChI=1S/C12H21N3O/c1-4-14-11(10-5-6-13-7-10)12-15-8(2)9(3)16-12/h10-11,13-14H,4-7H2,1-3H3. The summed E-state index contributed by atoms with van der Waals surface area (Å²) in [5.41, 5.74) is 1.00. The minimum absolute atomic E-state index is 0.257. The van der Waals surface area contributed by atoms with Crippen molar-refractivity contribution in [2.45, 2.75) is 33.2 Å². The van der Waals surface area contributed by atoms with E-state index in [2.05, 4.69) is 22.5 Å². The number of oxazole rings is 1. The van der Waals surface area contributed by atoms with E-state index in [0.717, 1.165) is 37.0 Å². The van der Waals surface area contributed by atoms with E-state index in [1.54, 1.807) is 0 Å². The molecule has 1 aliphatic heterocycles.